The summed E-state index contributed by atoms with van der Waals surface area (Å²) >= 11 is 11.8. The molecule has 0 heterocycles. The third-order valence-electron chi connectivity index (χ3n) is 3.85. The highest BCUT2D eigenvalue weighted by atomic mass is 35.5. The van der Waals surface area contributed by atoms with Crippen LogP contribution in [-0.4, -0.2) is 28.3 Å². The van der Waals surface area contributed by atoms with E-state index in [0.29, 0.717) is 16.3 Å². The zero-order valence-electron chi connectivity index (χ0n) is 15.2. The Morgan fingerprint density at radius 3 is 2.30 bits per heavy atom. The number of ether oxygens (including phenoxy) is 1. The fourth-order valence-corrected chi connectivity index (χ4v) is 2.86. The maximum Gasteiger partial charge on any atom is 0.345 e. The molecule has 0 saturated carbocycles. The number of hydrogen-bond acceptors (Lipinski definition) is 6. The molecule has 0 fully saturated rings. The van der Waals surface area contributed by atoms with Crippen LogP contribution in [0.15, 0.2) is 65.8 Å². The van der Waals surface area contributed by atoms with E-state index in [0.717, 1.165) is 6.07 Å². The van der Waals surface area contributed by atoms with Gasteiger partial charge in [0.1, 0.15) is 17.2 Å². The Kier molecular flexibility index (Phi) is 6.56. The molecule has 0 atom stereocenters. The Balaban J connectivity index is 1.60. The van der Waals surface area contributed by atoms with Crippen LogP contribution in [-0.2, 0) is 0 Å². The summed E-state index contributed by atoms with van der Waals surface area (Å²) in [5.74, 6) is -1.50. The summed E-state index contributed by atoms with van der Waals surface area (Å²) in [4.78, 5) is 24.2. The van der Waals surface area contributed by atoms with Crippen LogP contribution >= 0.6 is 23.2 Å². The third-order valence-corrected chi connectivity index (χ3v) is 4.40. The van der Waals surface area contributed by atoms with Gasteiger partial charge in [0.15, 0.2) is 0 Å². The smallest absolute Gasteiger partial charge is 0.345 e. The molecule has 0 aromatic heterocycles. The number of hydrazone groups is 1. The first kappa shape index (κ1) is 21.2. The van der Waals surface area contributed by atoms with Crippen molar-refractivity contribution in [1.29, 1.82) is 0 Å². The van der Waals surface area contributed by atoms with Gasteiger partial charge < -0.3 is 14.9 Å². The number of phenolic OH excluding ortho intramolecular Hbond substituents is 2. The molecule has 0 aliphatic carbocycles. The summed E-state index contributed by atoms with van der Waals surface area (Å²) in [5.41, 5.74) is 3.04. The molecule has 3 N–H and O–H groups in total. The van der Waals surface area contributed by atoms with Gasteiger partial charge in [0, 0.05) is 11.1 Å². The van der Waals surface area contributed by atoms with Gasteiger partial charge in [-0.15, -0.1) is 0 Å². The molecule has 152 valence electrons. The molecule has 7 nitrogen and oxygen atoms in total. The molecule has 9 heteroatoms. The van der Waals surface area contributed by atoms with Crippen LogP contribution in [0, 0.1) is 0 Å². The van der Waals surface area contributed by atoms with Gasteiger partial charge in [0.25, 0.3) is 5.91 Å². The largest absolute Gasteiger partial charge is 0.508 e. The van der Waals surface area contributed by atoms with Crippen molar-refractivity contribution in [2.75, 3.05) is 0 Å². The van der Waals surface area contributed by atoms with Crippen LogP contribution in [0.5, 0.6) is 17.2 Å². The molecule has 1 amide bonds. The molecule has 3 aromatic rings. The fraction of sp³-hybridized carbons (Fsp3) is 0. The topological polar surface area (TPSA) is 108 Å². The molecule has 0 aliphatic heterocycles. The minimum Gasteiger partial charge on any atom is -0.508 e. The Labute approximate surface area is 181 Å². The molecule has 0 saturated heterocycles. The van der Waals surface area contributed by atoms with Gasteiger partial charge in [-0.05, 0) is 60.2 Å². The number of halogens is 2. The minimum atomic E-state index is -0.644. The lowest BCUT2D eigenvalue weighted by Crippen LogP contribution is -2.17. The lowest BCUT2D eigenvalue weighted by Gasteiger charge is -2.06. The molecule has 0 unspecified atom stereocenters. The number of hydrogen-bond donors (Lipinski definition) is 3. The summed E-state index contributed by atoms with van der Waals surface area (Å²) < 4.78 is 5.27. The van der Waals surface area contributed by atoms with Gasteiger partial charge in [-0.1, -0.05) is 23.2 Å². The van der Waals surface area contributed by atoms with E-state index in [-0.39, 0.29) is 27.6 Å². The Bertz CT molecular complexity index is 1130. The zero-order chi connectivity index (χ0) is 21.7. The Morgan fingerprint density at radius 2 is 1.63 bits per heavy atom. The van der Waals surface area contributed by atoms with E-state index in [2.05, 4.69) is 10.5 Å². The number of aromatic hydroxyl groups is 2. The maximum atomic E-state index is 12.2. The SMILES string of the molecule is O=C(N/N=C\c1ccc(OC(=O)c2ccc(Cl)cc2Cl)cc1)c1ccc(O)cc1O. The van der Waals surface area contributed by atoms with Crippen molar-refractivity contribution in [1.82, 2.24) is 5.43 Å². The number of esters is 1. The van der Waals surface area contributed by atoms with Crippen molar-refractivity contribution in [3.63, 3.8) is 0 Å². The number of rotatable bonds is 5. The predicted molar refractivity (Wildman–Crippen MR) is 113 cm³/mol. The fourth-order valence-electron chi connectivity index (χ4n) is 2.38. The van der Waals surface area contributed by atoms with Gasteiger partial charge >= 0.3 is 5.97 Å². The first-order valence-corrected chi connectivity index (χ1v) is 9.22. The van der Waals surface area contributed by atoms with Crippen molar-refractivity contribution < 1.29 is 24.5 Å². The first-order valence-electron chi connectivity index (χ1n) is 8.46. The highest BCUT2D eigenvalue weighted by Gasteiger charge is 2.13. The van der Waals surface area contributed by atoms with Gasteiger partial charge in [-0.2, -0.15) is 5.10 Å². The van der Waals surface area contributed by atoms with E-state index < -0.39 is 11.9 Å². The van der Waals surface area contributed by atoms with Crippen LogP contribution in [0.1, 0.15) is 26.3 Å². The van der Waals surface area contributed by atoms with Gasteiger partial charge in [0.2, 0.25) is 0 Å². The lowest BCUT2D eigenvalue weighted by atomic mass is 10.2. The standard InChI is InChI=1S/C21H14Cl2N2O5/c22-13-3-7-16(18(23)9-13)21(29)30-15-5-1-12(2-6-15)11-24-25-20(28)17-8-4-14(26)10-19(17)27/h1-11,26-27H,(H,25,28)/b24-11-. The average molecular weight is 445 g/mol. The highest BCUT2D eigenvalue weighted by molar-refractivity contribution is 6.36. The van der Waals surface area contributed by atoms with Crippen molar-refractivity contribution in [2.24, 2.45) is 5.10 Å². The Morgan fingerprint density at radius 1 is 0.933 bits per heavy atom. The quantitative estimate of drug-likeness (QED) is 0.234. The molecule has 0 spiro atoms. The Hall–Kier alpha value is -3.55. The van der Waals surface area contributed by atoms with Gasteiger partial charge in [0.05, 0.1) is 22.4 Å². The molecular formula is C21H14Cl2N2O5. The number of carbonyl (C=O) groups excluding carboxylic acids is 2. The second kappa shape index (κ2) is 9.30. The van der Waals surface area contributed by atoms with E-state index in [1.807, 2.05) is 0 Å². The monoisotopic (exact) mass is 444 g/mol. The number of nitrogens with one attached hydrogen (secondary N) is 1. The van der Waals surface area contributed by atoms with Crippen molar-refractivity contribution in [3.8, 4) is 17.2 Å². The number of nitrogens with zero attached hydrogens (tertiary/aromatic N) is 1. The van der Waals surface area contributed by atoms with E-state index in [1.54, 1.807) is 24.3 Å². The van der Waals surface area contributed by atoms with Crippen molar-refractivity contribution >= 4 is 41.3 Å². The number of amides is 1. The minimum absolute atomic E-state index is 0.0342. The zero-order valence-corrected chi connectivity index (χ0v) is 16.7. The van der Waals surface area contributed by atoms with Crippen molar-refractivity contribution in [3.05, 3.63) is 87.4 Å². The van der Waals surface area contributed by atoms with Crippen LogP contribution < -0.4 is 10.2 Å². The first-order chi connectivity index (χ1) is 14.3. The maximum absolute atomic E-state index is 12.2. The average Bonchev–Trinajstić information content (AvgIpc) is 2.69. The predicted octanol–water partition coefficient (Wildman–Crippen LogP) is 4.39. The number of phenols is 2. The number of carbonyl (C=O) groups is 2. The highest BCUT2D eigenvalue weighted by Crippen LogP contribution is 2.23. The molecule has 0 radical (unpaired) electrons. The second-order valence-corrected chi connectivity index (χ2v) is 6.83. The summed E-state index contributed by atoms with van der Waals surface area (Å²) in [5, 5.41) is 23.3. The van der Waals surface area contributed by atoms with E-state index >= 15 is 0 Å². The third kappa shape index (κ3) is 5.28. The normalized spacial score (nSPS) is 10.7. The molecule has 30 heavy (non-hydrogen) atoms. The van der Waals surface area contributed by atoms with Crippen LogP contribution in [0.25, 0.3) is 0 Å². The van der Waals surface area contributed by atoms with Crippen molar-refractivity contribution in [2.45, 2.75) is 0 Å². The van der Waals surface area contributed by atoms with Crippen LogP contribution in [0.3, 0.4) is 0 Å². The summed E-state index contributed by atoms with van der Waals surface area (Å²) in [6.45, 7) is 0. The summed E-state index contributed by atoms with van der Waals surface area (Å²) in [6.07, 6.45) is 1.37. The molecular weight excluding hydrogens is 431 g/mol. The summed E-state index contributed by atoms with van der Waals surface area (Å²) in [7, 11) is 0. The summed E-state index contributed by atoms with van der Waals surface area (Å²) in [6, 6.07) is 14.4. The number of benzene rings is 3. The molecule has 3 aromatic carbocycles. The van der Waals surface area contributed by atoms with E-state index in [9.17, 15) is 19.8 Å². The van der Waals surface area contributed by atoms with E-state index in [1.165, 1.54) is 36.5 Å². The van der Waals surface area contributed by atoms with Gasteiger partial charge in [-0.25, -0.2) is 10.2 Å². The van der Waals surface area contributed by atoms with Gasteiger partial charge in [-0.3, -0.25) is 4.79 Å². The lowest BCUT2D eigenvalue weighted by molar-refractivity contribution is 0.0734. The molecule has 3 rings (SSSR count). The van der Waals surface area contributed by atoms with Crippen LogP contribution in [0.4, 0.5) is 0 Å². The molecule has 0 bridgehead atoms. The van der Waals surface area contributed by atoms with Crippen LogP contribution in [0.2, 0.25) is 10.0 Å². The molecule has 0 aliphatic rings. The van der Waals surface area contributed by atoms with E-state index in [4.69, 9.17) is 27.9 Å². The second-order valence-electron chi connectivity index (χ2n) is 5.98.